The van der Waals surface area contributed by atoms with Crippen molar-refractivity contribution in [3.8, 4) is 5.75 Å². The van der Waals surface area contributed by atoms with Gasteiger partial charge in [-0.1, -0.05) is 6.07 Å². The van der Waals surface area contributed by atoms with E-state index in [9.17, 15) is 8.42 Å². The molecule has 1 fully saturated rings. The van der Waals surface area contributed by atoms with Gasteiger partial charge in [-0.2, -0.15) is 4.31 Å². The highest BCUT2D eigenvalue weighted by Gasteiger charge is 2.34. The molecule has 1 aromatic carbocycles. The zero-order valence-corrected chi connectivity index (χ0v) is 12.8. The second-order valence-corrected chi connectivity index (χ2v) is 7.17. The lowest BCUT2D eigenvalue weighted by Crippen LogP contribution is -2.46. The maximum absolute atomic E-state index is 12.8. The molecule has 0 bridgehead atoms. The normalized spacial score (nSPS) is 24.6. The first-order valence-electron chi connectivity index (χ1n) is 6.85. The number of hydrogen-bond acceptors (Lipinski definition) is 4. The largest absolute Gasteiger partial charge is 0.497 e. The van der Waals surface area contributed by atoms with Crippen molar-refractivity contribution in [3.05, 3.63) is 24.3 Å². The number of nitrogens with two attached hydrogens (primary N) is 1. The third kappa shape index (κ3) is 2.97. The summed E-state index contributed by atoms with van der Waals surface area (Å²) >= 11 is 0. The van der Waals surface area contributed by atoms with E-state index in [1.165, 1.54) is 7.11 Å². The summed E-state index contributed by atoms with van der Waals surface area (Å²) in [4.78, 5) is 0.279. The molecule has 0 spiro atoms. The van der Waals surface area contributed by atoms with Gasteiger partial charge in [-0.15, -0.1) is 0 Å². The van der Waals surface area contributed by atoms with E-state index in [4.69, 9.17) is 10.5 Å². The van der Waals surface area contributed by atoms with Crippen molar-refractivity contribution >= 4 is 10.0 Å². The maximum atomic E-state index is 12.8. The Hall–Kier alpha value is -1.11. The topological polar surface area (TPSA) is 72.6 Å². The molecule has 1 saturated heterocycles. The zero-order chi connectivity index (χ0) is 14.8. The number of benzene rings is 1. The van der Waals surface area contributed by atoms with Gasteiger partial charge >= 0.3 is 0 Å². The summed E-state index contributed by atoms with van der Waals surface area (Å²) in [7, 11) is -1.96. The van der Waals surface area contributed by atoms with Crippen LogP contribution in [-0.4, -0.2) is 39.0 Å². The Morgan fingerprint density at radius 1 is 1.40 bits per heavy atom. The minimum atomic E-state index is -3.49. The van der Waals surface area contributed by atoms with Gasteiger partial charge in [0.25, 0.3) is 0 Å². The molecule has 0 saturated carbocycles. The van der Waals surface area contributed by atoms with Gasteiger partial charge in [-0.3, -0.25) is 0 Å². The van der Waals surface area contributed by atoms with E-state index in [0.717, 1.165) is 12.8 Å². The minimum Gasteiger partial charge on any atom is -0.497 e. The molecule has 1 aromatic rings. The summed E-state index contributed by atoms with van der Waals surface area (Å²) in [5.41, 5.74) is 5.70. The SMILES string of the molecule is COc1cccc(S(=O)(=O)N2CC(CN)CCC2C)c1. The van der Waals surface area contributed by atoms with Gasteiger partial charge in [0.15, 0.2) is 0 Å². The maximum Gasteiger partial charge on any atom is 0.243 e. The molecular weight excluding hydrogens is 276 g/mol. The van der Waals surface area contributed by atoms with Gasteiger partial charge in [-0.05, 0) is 44.4 Å². The van der Waals surface area contributed by atoms with Gasteiger partial charge in [0, 0.05) is 18.7 Å². The smallest absolute Gasteiger partial charge is 0.243 e. The van der Waals surface area contributed by atoms with Gasteiger partial charge < -0.3 is 10.5 Å². The lowest BCUT2D eigenvalue weighted by atomic mass is 9.96. The summed E-state index contributed by atoms with van der Waals surface area (Å²) < 4.78 is 32.2. The van der Waals surface area contributed by atoms with Gasteiger partial charge in [-0.25, -0.2) is 8.42 Å². The summed E-state index contributed by atoms with van der Waals surface area (Å²) in [5, 5.41) is 0. The summed E-state index contributed by atoms with van der Waals surface area (Å²) in [5.74, 6) is 0.790. The van der Waals surface area contributed by atoms with Crippen LogP contribution in [0.4, 0.5) is 0 Å². The van der Waals surface area contributed by atoms with Crippen molar-refractivity contribution in [1.82, 2.24) is 4.31 Å². The summed E-state index contributed by atoms with van der Waals surface area (Å²) in [6.07, 6.45) is 1.84. The Morgan fingerprint density at radius 3 is 2.80 bits per heavy atom. The van der Waals surface area contributed by atoms with Gasteiger partial charge in [0.2, 0.25) is 10.0 Å². The van der Waals surface area contributed by atoms with Crippen LogP contribution in [0.2, 0.25) is 0 Å². The highest BCUT2D eigenvalue weighted by Crippen LogP contribution is 2.28. The zero-order valence-electron chi connectivity index (χ0n) is 12.0. The lowest BCUT2D eigenvalue weighted by molar-refractivity contribution is 0.211. The Kier molecular flexibility index (Phi) is 4.67. The molecule has 0 radical (unpaired) electrons. The van der Waals surface area contributed by atoms with Crippen molar-refractivity contribution in [2.24, 2.45) is 11.7 Å². The molecule has 0 aliphatic carbocycles. The predicted octanol–water partition coefficient (Wildman–Crippen LogP) is 1.44. The van der Waals surface area contributed by atoms with Gasteiger partial charge in [0.1, 0.15) is 5.75 Å². The lowest BCUT2D eigenvalue weighted by Gasteiger charge is -2.36. The fraction of sp³-hybridized carbons (Fsp3) is 0.571. The monoisotopic (exact) mass is 298 g/mol. The Bertz CT molecular complexity index is 559. The first kappa shape index (κ1) is 15.3. The van der Waals surface area contributed by atoms with Crippen LogP contribution in [0.15, 0.2) is 29.2 Å². The standard InChI is InChI=1S/C14H22N2O3S/c1-11-6-7-12(9-15)10-16(11)20(17,18)14-5-3-4-13(8-14)19-2/h3-5,8,11-12H,6-7,9-10,15H2,1-2H3. The third-order valence-electron chi connectivity index (χ3n) is 3.90. The number of hydrogen-bond donors (Lipinski definition) is 1. The van der Waals surface area contributed by atoms with E-state index in [1.54, 1.807) is 28.6 Å². The second kappa shape index (κ2) is 6.11. The number of ether oxygens (including phenoxy) is 1. The molecule has 2 rings (SSSR count). The quantitative estimate of drug-likeness (QED) is 0.913. The molecule has 20 heavy (non-hydrogen) atoms. The molecule has 0 amide bonds. The van der Waals surface area contributed by atoms with E-state index in [2.05, 4.69) is 0 Å². The molecular formula is C14H22N2O3S. The van der Waals surface area contributed by atoms with Crippen LogP contribution in [0.1, 0.15) is 19.8 Å². The fourth-order valence-corrected chi connectivity index (χ4v) is 4.34. The van der Waals surface area contributed by atoms with E-state index in [1.807, 2.05) is 6.92 Å². The molecule has 2 atom stereocenters. The van der Waals surface area contributed by atoms with Crippen molar-refractivity contribution in [1.29, 1.82) is 0 Å². The highest BCUT2D eigenvalue weighted by molar-refractivity contribution is 7.89. The molecule has 2 N–H and O–H groups in total. The Morgan fingerprint density at radius 2 is 2.15 bits per heavy atom. The van der Waals surface area contributed by atoms with Crippen LogP contribution in [0.25, 0.3) is 0 Å². The second-order valence-electron chi connectivity index (χ2n) is 5.28. The fourth-order valence-electron chi connectivity index (χ4n) is 2.57. The summed E-state index contributed by atoms with van der Waals surface area (Å²) in [6.45, 7) is 2.97. The molecule has 1 aliphatic heterocycles. The molecule has 2 unspecified atom stereocenters. The van der Waals surface area contributed by atoms with Gasteiger partial charge in [0.05, 0.1) is 12.0 Å². The number of piperidine rings is 1. The first-order valence-corrected chi connectivity index (χ1v) is 8.29. The van der Waals surface area contributed by atoms with Crippen molar-refractivity contribution < 1.29 is 13.2 Å². The number of sulfonamides is 1. The predicted molar refractivity (Wildman–Crippen MR) is 78.1 cm³/mol. The van der Waals surface area contributed by atoms with Crippen LogP contribution in [0.3, 0.4) is 0 Å². The molecule has 0 aromatic heterocycles. The molecule has 112 valence electrons. The minimum absolute atomic E-state index is 0.00833. The number of methoxy groups -OCH3 is 1. The average molecular weight is 298 g/mol. The van der Waals surface area contributed by atoms with Crippen LogP contribution in [-0.2, 0) is 10.0 Å². The van der Waals surface area contributed by atoms with E-state index in [0.29, 0.717) is 18.8 Å². The van der Waals surface area contributed by atoms with Crippen molar-refractivity contribution in [3.63, 3.8) is 0 Å². The average Bonchev–Trinajstić information content (AvgIpc) is 2.47. The number of rotatable bonds is 4. The van der Waals surface area contributed by atoms with Crippen molar-refractivity contribution in [2.75, 3.05) is 20.2 Å². The third-order valence-corrected chi connectivity index (χ3v) is 5.88. The first-order chi connectivity index (χ1) is 9.48. The van der Waals surface area contributed by atoms with Crippen molar-refractivity contribution in [2.45, 2.75) is 30.7 Å². The van der Waals surface area contributed by atoms with E-state index >= 15 is 0 Å². The Balaban J connectivity index is 2.32. The van der Waals surface area contributed by atoms with E-state index in [-0.39, 0.29) is 16.9 Å². The molecule has 1 aliphatic rings. The molecule has 1 heterocycles. The molecule has 6 heteroatoms. The van der Waals surface area contributed by atoms with Crippen LogP contribution < -0.4 is 10.5 Å². The van der Waals surface area contributed by atoms with Crippen LogP contribution in [0, 0.1) is 5.92 Å². The summed E-state index contributed by atoms with van der Waals surface area (Å²) in [6, 6.07) is 6.61. The Labute approximate surface area is 120 Å². The van der Waals surface area contributed by atoms with E-state index < -0.39 is 10.0 Å². The van der Waals surface area contributed by atoms with Crippen LogP contribution in [0.5, 0.6) is 5.75 Å². The van der Waals surface area contributed by atoms with Crippen LogP contribution >= 0.6 is 0 Å². The number of nitrogens with zero attached hydrogens (tertiary/aromatic N) is 1. The molecule has 5 nitrogen and oxygen atoms in total. The highest BCUT2D eigenvalue weighted by atomic mass is 32.2.